The van der Waals surface area contributed by atoms with Crippen LogP contribution in [0.15, 0.2) is 29.3 Å². The van der Waals surface area contributed by atoms with Crippen molar-refractivity contribution in [2.24, 2.45) is 10.9 Å². The zero-order valence-electron chi connectivity index (χ0n) is 15.3. The van der Waals surface area contributed by atoms with E-state index in [4.69, 9.17) is 4.99 Å². The van der Waals surface area contributed by atoms with Crippen LogP contribution in [0.25, 0.3) is 0 Å². The Bertz CT molecular complexity index is 515. The van der Waals surface area contributed by atoms with Crippen molar-refractivity contribution in [3.63, 3.8) is 0 Å². The molecule has 134 valence electrons. The van der Waals surface area contributed by atoms with Crippen LogP contribution in [0.1, 0.15) is 32.3 Å². The predicted octanol–water partition coefficient (Wildman–Crippen LogP) is 2.95. The van der Waals surface area contributed by atoms with Crippen molar-refractivity contribution in [2.45, 2.75) is 33.2 Å². The number of hydrogen-bond donors (Lipinski definition) is 1. The van der Waals surface area contributed by atoms with Crippen molar-refractivity contribution in [3.8, 4) is 0 Å². The van der Waals surface area contributed by atoms with Gasteiger partial charge in [0.15, 0.2) is 5.96 Å². The van der Waals surface area contributed by atoms with Crippen molar-refractivity contribution in [1.29, 1.82) is 0 Å². The minimum atomic E-state index is -0.195. The first kappa shape index (κ1) is 18.7. The van der Waals surface area contributed by atoms with Crippen LogP contribution in [0.5, 0.6) is 0 Å². The number of nitrogens with zero attached hydrogens (tertiary/aromatic N) is 3. The van der Waals surface area contributed by atoms with Gasteiger partial charge < -0.3 is 15.1 Å². The Morgan fingerprint density at radius 1 is 1.33 bits per heavy atom. The molecule has 0 bridgehead atoms. The third-order valence-electron chi connectivity index (χ3n) is 4.44. The van der Waals surface area contributed by atoms with Gasteiger partial charge in [-0.1, -0.05) is 19.1 Å². The van der Waals surface area contributed by atoms with Crippen molar-refractivity contribution >= 4 is 5.96 Å². The van der Waals surface area contributed by atoms with Crippen LogP contribution in [-0.4, -0.2) is 55.5 Å². The molecule has 2 rings (SSSR count). The van der Waals surface area contributed by atoms with Crippen LogP contribution in [0.2, 0.25) is 0 Å². The van der Waals surface area contributed by atoms with Crippen LogP contribution in [0.4, 0.5) is 4.39 Å². The van der Waals surface area contributed by atoms with E-state index in [0.29, 0.717) is 5.92 Å². The second-order valence-electron chi connectivity index (χ2n) is 6.63. The third kappa shape index (κ3) is 5.78. The van der Waals surface area contributed by atoms with Crippen molar-refractivity contribution < 1.29 is 4.39 Å². The molecular weight excluding hydrogens is 303 g/mol. The lowest BCUT2D eigenvalue weighted by atomic mass is 10.1. The molecule has 1 aliphatic heterocycles. The van der Waals surface area contributed by atoms with Gasteiger partial charge in [-0.25, -0.2) is 4.39 Å². The molecule has 4 nitrogen and oxygen atoms in total. The lowest BCUT2D eigenvalue weighted by Crippen LogP contribution is -2.39. The Labute approximate surface area is 145 Å². The summed E-state index contributed by atoms with van der Waals surface area (Å²) in [5.41, 5.74) is 1.08. The largest absolute Gasteiger partial charge is 0.357 e. The van der Waals surface area contributed by atoms with Crippen LogP contribution in [0, 0.1) is 11.7 Å². The fraction of sp³-hybridized carbons (Fsp3) is 0.632. The maximum atomic E-state index is 13.0. The third-order valence-corrected chi connectivity index (χ3v) is 4.44. The van der Waals surface area contributed by atoms with Crippen molar-refractivity contribution in [1.82, 2.24) is 15.1 Å². The maximum Gasteiger partial charge on any atom is 0.193 e. The molecule has 24 heavy (non-hydrogen) atoms. The highest BCUT2D eigenvalue weighted by atomic mass is 19.1. The second-order valence-corrected chi connectivity index (χ2v) is 6.63. The molecule has 1 fully saturated rings. The maximum absolute atomic E-state index is 13.0. The van der Waals surface area contributed by atoms with Gasteiger partial charge in [-0.2, -0.15) is 0 Å². The molecular formula is C19H31FN4. The summed E-state index contributed by atoms with van der Waals surface area (Å²) in [6.07, 6.45) is 2.46. The fourth-order valence-corrected chi connectivity index (χ4v) is 3.21. The number of guanidine groups is 1. The highest BCUT2D eigenvalue weighted by molar-refractivity contribution is 5.79. The van der Waals surface area contributed by atoms with Crippen LogP contribution < -0.4 is 5.32 Å². The first-order chi connectivity index (χ1) is 11.6. The summed E-state index contributed by atoms with van der Waals surface area (Å²) in [5, 5.41) is 3.36. The molecule has 1 heterocycles. The average molecular weight is 334 g/mol. The monoisotopic (exact) mass is 334 g/mol. The summed E-state index contributed by atoms with van der Waals surface area (Å²) in [7, 11) is 2.03. The molecule has 0 radical (unpaired) electrons. The summed E-state index contributed by atoms with van der Waals surface area (Å²) in [4.78, 5) is 9.48. The van der Waals surface area contributed by atoms with Gasteiger partial charge in [0, 0.05) is 33.2 Å². The van der Waals surface area contributed by atoms with E-state index < -0.39 is 0 Å². The van der Waals surface area contributed by atoms with Crippen LogP contribution >= 0.6 is 0 Å². The number of hydrogen-bond acceptors (Lipinski definition) is 2. The van der Waals surface area contributed by atoms with E-state index in [1.165, 1.54) is 44.6 Å². The standard InChI is InChI=1S/C19H31FN4/c1-4-11-24-12-10-17(15-24)13-22-19(21-5-2)23(3)14-16-6-8-18(20)9-7-16/h6-9,17H,4-5,10-15H2,1-3H3,(H,21,22). The van der Waals surface area contributed by atoms with Gasteiger partial charge in [-0.3, -0.25) is 4.99 Å². The van der Waals surface area contributed by atoms with Crippen molar-refractivity contribution in [3.05, 3.63) is 35.6 Å². The smallest absolute Gasteiger partial charge is 0.193 e. The highest BCUT2D eigenvalue weighted by Gasteiger charge is 2.21. The molecule has 0 aliphatic carbocycles. The molecule has 1 unspecified atom stereocenters. The quantitative estimate of drug-likeness (QED) is 0.614. The van der Waals surface area contributed by atoms with Gasteiger partial charge in [0.25, 0.3) is 0 Å². The Balaban J connectivity index is 1.91. The molecule has 1 saturated heterocycles. The van der Waals surface area contributed by atoms with E-state index in [0.717, 1.165) is 31.2 Å². The normalized spacial score (nSPS) is 18.8. The molecule has 1 atom stereocenters. The predicted molar refractivity (Wildman–Crippen MR) is 98.7 cm³/mol. The zero-order chi connectivity index (χ0) is 17.4. The molecule has 1 aromatic carbocycles. The molecule has 0 spiro atoms. The number of likely N-dealkylation sites (tertiary alicyclic amines) is 1. The summed E-state index contributed by atoms with van der Waals surface area (Å²) < 4.78 is 13.0. The van der Waals surface area contributed by atoms with Gasteiger partial charge in [0.1, 0.15) is 5.82 Å². The second kappa shape index (κ2) is 9.62. The molecule has 5 heteroatoms. The molecule has 1 aromatic rings. The topological polar surface area (TPSA) is 30.9 Å². The Morgan fingerprint density at radius 2 is 2.08 bits per heavy atom. The van der Waals surface area contributed by atoms with E-state index in [1.807, 2.05) is 19.2 Å². The lowest BCUT2D eigenvalue weighted by molar-refractivity contribution is 0.326. The van der Waals surface area contributed by atoms with Gasteiger partial charge in [-0.05, 0) is 56.5 Å². The van der Waals surface area contributed by atoms with E-state index in [-0.39, 0.29) is 5.82 Å². The molecule has 0 amide bonds. The summed E-state index contributed by atoms with van der Waals surface area (Å²) in [5.74, 6) is 1.39. The number of aliphatic imine (C=N–C) groups is 1. The molecule has 0 saturated carbocycles. The van der Waals surface area contributed by atoms with Gasteiger partial charge in [0.2, 0.25) is 0 Å². The Hall–Kier alpha value is -1.62. The number of nitrogens with one attached hydrogen (secondary N) is 1. The minimum absolute atomic E-state index is 0.195. The van der Waals surface area contributed by atoms with Crippen LogP contribution in [-0.2, 0) is 6.54 Å². The summed E-state index contributed by atoms with van der Waals surface area (Å²) in [6.45, 7) is 10.3. The van der Waals surface area contributed by atoms with Crippen LogP contribution in [0.3, 0.4) is 0 Å². The zero-order valence-corrected chi connectivity index (χ0v) is 15.3. The minimum Gasteiger partial charge on any atom is -0.357 e. The number of rotatable bonds is 7. The number of benzene rings is 1. The van der Waals surface area contributed by atoms with Gasteiger partial charge in [-0.15, -0.1) is 0 Å². The van der Waals surface area contributed by atoms with E-state index in [9.17, 15) is 4.39 Å². The van der Waals surface area contributed by atoms with Crippen molar-refractivity contribution in [2.75, 3.05) is 39.8 Å². The average Bonchev–Trinajstić information content (AvgIpc) is 3.01. The van der Waals surface area contributed by atoms with E-state index >= 15 is 0 Å². The summed E-state index contributed by atoms with van der Waals surface area (Å²) in [6, 6.07) is 6.67. The molecule has 1 N–H and O–H groups in total. The van der Waals surface area contributed by atoms with Gasteiger partial charge >= 0.3 is 0 Å². The number of halogens is 1. The highest BCUT2D eigenvalue weighted by Crippen LogP contribution is 2.16. The summed E-state index contributed by atoms with van der Waals surface area (Å²) >= 11 is 0. The van der Waals surface area contributed by atoms with Gasteiger partial charge in [0.05, 0.1) is 0 Å². The molecule has 1 aliphatic rings. The lowest BCUT2D eigenvalue weighted by Gasteiger charge is -2.23. The molecule has 0 aromatic heterocycles. The van der Waals surface area contributed by atoms with E-state index in [1.54, 1.807) is 0 Å². The first-order valence-corrected chi connectivity index (χ1v) is 9.08. The fourth-order valence-electron chi connectivity index (χ4n) is 3.21. The SMILES string of the molecule is CCCN1CCC(CN=C(NCC)N(C)Cc2ccc(F)cc2)C1. The van der Waals surface area contributed by atoms with E-state index in [2.05, 4.69) is 29.0 Å². The Morgan fingerprint density at radius 3 is 2.75 bits per heavy atom. The first-order valence-electron chi connectivity index (χ1n) is 9.08. The Kier molecular flexibility index (Phi) is 7.50.